The van der Waals surface area contributed by atoms with Crippen LogP contribution in [0.3, 0.4) is 0 Å². The zero-order chi connectivity index (χ0) is 8.10. The van der Waals surface area contributed by atoms with E-state index in [1.807, 2.05) is 0 Å². The summed E-state index contributed by atoms with van der Waals surface area (Å²) in [6.45, 7) is 5.04. The zero-order valence-electron chi connectivity index (χ0n) is 8.10. The quantitative estimate of drug-likeness (QED) is 0.528. The molecule has 0 amide bonds. The van der Waals surface area contributed by atoms with E-state index in [-0.39, 0.29) is 8.80 Å². The first kappa shape index (κ1) is 9.31. The second kappa shape index (κ2) is 4.97. The molecule has 66 valence electrons. The minimum Gasteiger partial charge on any atom is -0.0720 e. The van der Waals surface area contributed by atoms with E-state index in [0.717, 1.165) is 0 Å². The second-order valence-corrected chi connectivity index (χ2v) is 7.78. The highest BCUT2D eigenvalue weighted by atomic mass is 28.3. The molecular formula is C10H22Si. The van der Waals surface area contributed by atoms with Crippen molar-refractivity contribution in [2.75, 3.05) is 0 Å². The first-order valence-corrected chi connectivity index (χ1v) is 8.28. The Morgan fingerprint density at radius 2 is 1.27 bits per heavy atom. The summed E-state index contributed by atoms with van der Waals surface area (Å²) in [6.07, 6.45) is 10.7. The molecule has 0 aliphatic heterocycles. The molecule has 0 spiro atoms. The average Bonchev–Trinajstić information content (AvgIpc) is 1.84. The monoisotopic (exact) mass is 170 g/mol. The maximum atomic E-state index is 2.52. The SMILES string of the molecule is C[SiH](C)C1CCCCCCC1. The maximum absolute atomic E-state index is 2.52. The fraction of sp³-hybridized carbons (Fsp3) is 1.00. The molecule has 0 aromatic rings. The molecule has 0 atom stereocenters. The summed E-state index contributed by atoms with van der Waals surface area (Å²) in [4.78, 5) is 0. The lowest BCUT2D eigenvalue weighted by Crippen LogP contribution is -2.13. The predicted octanol–water partition coefficient (Wildman–Crippen LogP) is 3.59. The van der Waals surface area contributed by atoms with Crippen molar-refractivity contribution in [3.8, 4) is 0 Å². The van der Waals surface area contributed by atoms with Gasteiger partial charge in [-0.25, -0.2) is 0 Å². The lowest BCUT2D eigenvalue weighted by Gasteiger charge is -2.21. The smallest absolute Gasteiger partial charge is 0.0337 e. The van der Waals surface area contributed by atoms with E-state index in [4.69, 9.17) is 0 Å². The van der Waals surface area contributed by atoms with Crippen molar-refractivity contribution in [2.45, 2.75) is 63.6 Å². The topological polar surface area (TPSA) is 0 Å². The van der Waals surface area contributed by atoms with Crippen molar-refractivity contribution >= 4 is 8.80 Å². The van der Waals surface area contributed by atoms with E-state index in [1.165, 1.54) is 37.6 Å². The van der Waals surface area contributed by atoms with Crippen LogP contribution in [0.2, 0.25) is 18.6 Å². The van der Waals surface area contributed by atoms with Gasteiger partial charge < -0.3 is 0 Å². The molecular weight excluding hydrogens is 148 g/mol. The van der Waals surface area contributed by atoms with Gasteiger partial charge in [0.2, 0.25) is 0 Å². The summed E-state index contributed by atoms with van der Waals surface area (Å²) in [7, 11) is -0.301. The summed E-state index contributed by atoms with van der Waals surface area (Å²) in [5.41, 5.74) is 1.18. The van der Waals surface area contributed by atoms with E-state index >= 15 is 0 Å². The van der Waals surface area contributed by atoms with Crippen molar-refractivity contribution in [1.29, 1.82) is 0 Å². The van der Waals surface area contributed by atoms with E-state index in [9.17, 15) is 0 Å². The van der Waals surface area contributed by atoms with Crippen LogP contribution in [-0.4, -0.2) is 8.80 Å². The van der Waals surface area contributed by atoms with E-state index in [0.29, 0.717) is 0 Å². The molecule has 0 nitrogen and oxygen atoms in total. The molecule has 0 unspecified atom stereocenters. The first-order valence-electron chi connectivity index (χ1n) is 5.30. The number of hydrogen-bond donors (Lipinski definition) is 0. The maximum Gasteiger partial charge on any atom is 0.0337 e. The van der Waals surface area contributed by atoms with Gasteiger partial charge in [0.1, 0.15) is 0 Å². The van der Waals surface area contributed by atoms with Gasteiger partial charge in [-0.3, -0.25) is 0 Å². The van der Waals surface area contributed by atoms with Gasteiger partial charge in [0, 0.05) is 8.80 Å². The van der Waals surface area contributed by atoms with E-state index < -0.39 is 0 Å². The Balaban J connectivity index is 2.26. The summed E-state index contributed by atoms with van der Waals surface area (Å²) in [5.74, 6) is 0. The van der Waals surface area contributed by atoms with Gasteiger partial charge in [-0.1, -0.05) is 58.0 Å². The van der Waals surface area contributed by atoms with E-state index in [2.05, 4.69) is 13.1 Å². The van der Waals surface area contributed by atoms with Crippen LogP contribution in [0, 0.1) is 0 Å². The van der Waals surface area contributed by atoms with Crippen LogP contribution in [0.1, 0.15) is 44.9 Å². The van der Waals surface area contributed by atoms with Gasteiger partial charge in [0.15, 0.2) is 0 Å². The Bertz CT molecular complexity index is 91.0. The van der Waals surface area contributed by atoms with Crippen LogP contribution in [0.25, 0.3) is 0 Å². The molecule has 1 fully saturated rings. The third-order valence-electron chi connectivity index (χ3n) is 3.09. The molecule has 0 saturated heterocycles. The van der Waals surface area contributed by atoms with Gasteiger partial charge >= 0.3 is 0 Å². The summed E-state index contributed by atoms with van der Waals surface area (Å²) in [6, 6.07) is 0. The molecule has 0 aromatic heterocycles. The molecule has 0 radical (unpaired) electrons. The lowest BCUT2D eigenvalue weighted by atomic mass is 10.0. The standard InChI is InChI=1S/C10H22Si/c1-11(2)10-8-6-4-3-5-7-9-10/h10-11H,3-9H2,1-2H3. The van der Waals surface area contributed by atoms with E-state index in [1.54, 1.807) is 12.8 Å². The second-order valence-electron chi connectivity index (χ2n) is 4.35. The molecule has 1 aliphatic carbocycles. The van der Waals surface area contributed by atoms with Crippen molar-refractivity contribution in [3.63, 3.8) is 0 Å². The van der Waals surface area contributed by atoms with Gasteiger partial charge in [0.05, 0.1) is 0 Å². The van der Waals surface area contributed by atoms with Crippen molar-refractivity contribution in [2.24, 2.45) is 0 Å². The lowest BCUT2D eigenvalue weighted by molar-refractivity contribution is 0.499. The largest absolute Gasteiger partial charge is 0.0720 e. The fourth-order valence-corrected chi connectivity index (χ4v) is 3.96. The van der Waals surface area contributed by atoms with Crippen molar-refractivity contribution in [1.82, 2.24) is 0 Å². The third kappa shape index (κ3) is 3.41. The summed E-state index contributed by atoms with van der Waals surface area (Å²) in [5, 5.41) is 0. The molecule has 1 heteroatoms. The Labute approximate surface area is 73.0 Å². The molecule has 0 N–H and O–H groups in total. The van der Waals surface area contributed by atoms with Crippen molar-refractivity contribution in [3.05, 3.63) is 0 Å². The third-order valence-corrected chi connectivity index (χ3v) is 5.64. The molecule has 0 heterocycles. The fourth-order valence-electron chi connectivity index (χ4n) is 2.15. The predicted molar refractivity (Wildman–Crippen MR) is 54.9 cm³/mol. The molecule has 11 heavy (non-hydrogen) atoms. The van der Waals surface area contributed by atoms with Crippen LogP contribution < -0.4 is 0 Å². The van der Waals surface area contributed by atoms with Crippen LogP contribution >= 0.6 is 0 Å². The first-order chi connectivity index (χ1) is 5.30. The van der Waals surface area contributed by atoms with Crippen LogP contribution in [0.15, 0.2) is 0 Å². The summed E-state index contributed by atoms with van der Waals surface area (Å²) < 4.78 is 0. The van der Waals surface area contributed by atoms with Gasteiger partial charge in [-0.05, 0) is 5.54 Å². The highest BCUT2D eigenvalue weighted by Gasteiger charge is 2.14. The normalized spacial score (nSPS) is 23.2. The highest BCUT2D eigenvalue weighted by molar-refractivity contribution is 6.57. The Morgan fingerprint density at radius 3 is 1.73 bits per heavy atom. The van der Waals surface area contributed by atoms with Crippen LogP contribution in [0.4, 0.5) is 0 Å². The Hall–Kier alpha value is 0.217. The molecule has 1 rings (SSSR count). The van der Waals surface area contributed by atoms with Gasteiger partial charge in [-0.2, -0.15) is 0 Å². The van der Waals surface area contributed by atoms with Crippen LogP contribution in [0.5, 0.6) is 0 Å². The molecule has 0 bridgehead atoms. The number of rotatable bonds is 1. The summed E-state index contributed by atoms with van der Waals surface area (Å²) >= 11 is 0. The Kier molecular flexibility index (Phi) is 4.20. The molecule has 1 aliphatic rings. The Morgan fingerprint density at radius 1 is 0.818 bits per heavy atom. The number of hydrogen-bond acceptors (Lipinski definition) is 0. The molecule has 0 aromatic carbocycles. The molecule has 1 saturated carbocycles. The minimum atomic E-state index is -0.301. The highest BCUT2D eigenvalue weighted by Crippen LogP contribution is 2.28. The minimum absolute atomic E-state index is 0.301. The van der Waals surface area contributed by atoms with Gasteiger partial charge in [0.25, 0.3) is 0 Å². The van der Waals surface area contributed by atoms with Gasteiger partial charge in [-0.15, -0.1) is 0 Å². The van der Waals surface area contributed by atoms with Crippen LogP contribution in [-0.2, 0) is 0 Å². The average molecular weight is 170 g/mol. The van der Waals surface area contributed by atoms with Crippen molar-refractivity contribution < 1.29 is 0 Å². The zero-order valence-corrected chi connectivity index (χ0v) is 9.26.